The van der Waals surface area contributed by atoms with Crippen molar-refractivity contribution in [3.63, 3.8) is 0 Å². The quantitative estimate of drug-likeness (QED) is 0.448. The maximum atomic E-state index is 12.5. The van der Waals surface area contributed by atoms with Crippen molar-refractivity contribution < 1.29 is 9.59 Å². The van der Waals surface area contributed by atoms with Gasteiger partial charge in [-0.3, -0.25) is 9.59 Å². The van der Waals surface area contributed by atoms with Crippen LogP contribution in [-0.2, 0) is 4.79 Å². The molecule has 0 saturated carbocycles. The van der Waals surface area contributed by atoms with Crippen LogP contribution in [0.2, 0.25) is 0 Å². The number of aromatic nitrogens is 4. The molecule has 0 spiro atoms. The normalized spacial score (nSPS) is 10.9. The van der Waals surface area contributed by atoms with Gasteiger partial charge in [0.2, 0.25) is 11.1 Å². The van der Waals surface area contributed by atoms with Gasteiger partial charge < -0.3 is 5.32 Å². The van der Waals surface area contributed by atoms with Crippen molar-refractivity contribution in [3.8, 4) is 5.69 Å². The second-order valence-corrected chi connectivity index (χ2v) is 8.09. The summed E-state index contributed by atoms with van der Waals surface area (Å²) < 4.78 is 1.62. The van der Waals surface area contributed by atoms with Gasteiger partial charge in [-0.15, -0.1) is 5.10 Å². The zero-order valence-electron chi connectivity index (χ0n) is 16.6. The van der Waals surface area contributed by atoms with Gasteiger partial charge in [0.15, 0.2) is 5.78 Å². The molecule has 0 bridgehead atoms. The maximum absolute atomic E-state index is 12.5. The minimum atomic E-state index is -0.0335. The zero-order valence-corrected chi connectivity index (χ0v) is 17.4. The Bertz CT molecular complexity index is 998. The third-order valence-corrected chi connectivity index (χ3v) is 5.02. The van der Waals surface area contributed by atoms with Crippen LogP contribution in [0.4, 0.5) is 5.69 Å². The smallest absolute Gasteiger partial charge is 0.224 e. The summed E-state index contributed by atoms with van der Waals surface area (Å²) in [5.74, 6) is 0.446. The van der Waals surface area contributed by atoms with E-state index in [1.807, 2.05) is 45.0 Å². The summed E-state index contributed by atoms with van der Waals surface area (Å²) in [5, 5.41) is 15.2. The molecule has 1 aromatic heterocycles. The number of nitrogens with one attached hydrogen (secondary N) is 1. The predicted molar refractivity (Wildman–Crippen MR) is 113 cm³/mol. The summed E-state index contributed by atoms with van der Waals surface area (Å²) in [5.41, 5.74) is 3.22. The number of anilines is 1. The number of hydrogen-bond donors (Lipinski definition) is 1. The molecule has 0 radical (unpaired) electrons. The molecule has 1 heterocycles. The first-order chi connectivity index (χ1) is 13.9. The van der Waals surface area contributed by atoms with E-state index < -0.39 is 0 Å². The SMILES string of the molecule is Cc1cccc(-n2nnnc2SCC(=O)c2ccc(NC(=O)CC(C)C)cc2)c1. The molecular formula is C21H23N5O2S. The van der Waals surface area contributed by atoms with Crippen molar-refractivity contribution in [3.05, 3.63) is 59.7 Å². The lowest BCUT2D eigenvalue weighted by molar-refractivity contribution is -0.116. The van der Waals surface area contributed by atoms with Gasteiger partial charge in [-0.2, -0.15) is 4.68 Å². The first kappa shape index (κ1) is 20.7. The number of nitrogens with zero attached hydrogens (tertiary/aromatic N) is 4. The minimum Gasteiger partial charge on any atom is -0.326 e. The van der Waals surface area contributed by atoms with Crippen molar-refractivity contribution in [2.24, 2.45) is 5.92 Å². The maximum Gasteiger partial charge on any atom is 0.224 e. The molecule has 3 rings (SSSR count). The van der Waals surface area contributed by atoms with Crippen LogP contribution in [0.25, 0.3) is 5.69 Å². The van der Waals surface area contributed by atoms with Gasteiger partial charge >= 0.3 is 0 Å². The minimum absolute atomic E-state index is 0.0300. The van der Waals surface area contributed by atoms with Crippen LogP contribution in [0.1, 0.15) is 36.2 Å². The van der Waals surface area contributed by atoms with E-state index in [2.05, 4.69) is 20.8 Å². The van der Waals surface area contributed by atoms with Crippen LogP contribution < -0.4 is 5.32 Å². The Morgan fingerprint density at radius 3 is 2.59 bits per heavy atom. The molecular weight excluding hydrogens is 386 g/mol. The molecule has 29 heavy (non-hydrogen) atoms. The second kappa shape index (κ2) is 9.47. The van der Waals surface area contributed by atoms with Crippen LogP contribution in [0.15, 0.2) is 53.7 Å². The molecule has 0 atom stereocenters. The Balaban J connectivity index is 1.60. The molecule has 0 fully saturated rings. The van der Waals surface area contributed by atoms with Crippen molar-refractivity contribution in [2.45, 2.75) is 32.3 Å². The van der Waals surface area contributed by atoms with E-state index in [1.54, 1.807) is 28.9 Å². The van der Waals surface area contributed by atoms with Crippen LogP contribution in [0.3, 0.4) is 0 Å². The van der Waals surface area contributed by atoms with E-state index in [1.165, 1.54) is 11.8 Å². The lowest BCUT2D eigenvalue weighted by atomic mass is 10.1. The van der Waals surface area contributed by atoms with Crippen molar-refractivity contribution in [1.82, 2.24) is 20.2 Å². The summed E-state index contributed by atoms with van der Waals surface area (Å²) in [7, 11) is 0. The van der Waals surface area contributed by atoms with Gasteiger partial charge in [0.25, 0.3) is 0 Å². The molecule has 0 aliphatic heterocycles. The number of carbonyl (C=O) groups is 2. The average molecular weight is 410 g/mol. The highest BCUT2D eigenvalue weighted by Gasteiger charge is 2.13. The first-order valence-corrected chi connectivity index (χ1v) is 10.3. The lowest BCUT2D eigenvalue weighted by Gasteiger charge is -2.08. The number of thioether (sulfide) groups is 1. The number of hydrogen-bond acceptors (Lipinski definition) is 6. The Morgan fingerprint density at radius 2 is 1.90 bits per heavy atom. The van der Waals surface area contributed by atoms with Gasteiger partial charge in [-0.05, 0) is 65.2 Å². The number of Topliss-reactive ketones (excluding diaryl/α,β-unsaturated/α-hetero) is 1. The van der Waals surface area contributed by atoms with Crippen LogP contribution >= 0.6 is 11.8 Å². The Labute approximate surface area is 173 Å². The van der Waals surface area contributed by atoms with Crippen LogP contribution in [0.5, 0.6) is 0 Å². The van der Waals surface area contributed by atoms with E-state index in [9.17, 15) is 9.59 Å². The summed E-state index contributed by atoms with van der Waals surface area (Å²) >= 11 is 1.29. The fourth-order valence-electron chi connectivity index (χ4n) is 2.73. The van der Waals surface area contributed by atoms with E-state index in [4.69, 9.17) is 0 Å². The topological polar surface area (TPSA) is 89.8 Å². The van der Waals surface area contributed by atoms with Crippen molar-refractivity contribution in [2.75, 3.05) is 11.1 Å². The van der Waals surface area contributed by atoms with E-state index in [0.717, 1.165) is 11.3 Å². The Morgan fingerprint density at radius 1 is 1.14 bits per heavy atom. The third kappa shape index (κ3) is 5.74. The van der Waals surface area contributed by atoms with E-state index in [0.29, 0.717) is 28.7 Å². The molecule has 7 nitrogen and oxygen atoms in total. The van der Waals surface area contributed by atoms with Gasteiger partial charge in [-0.1, -0.05) is 37.7 Å². The van der Waals surface area contributed by atoms with Gasteiger partial charge in [-0.25, -0.2) is 0 Å². The number of rotatable bonds is 8. The number of tetrazole rings is 1. The third-order valence-electron chi connectivity index (χ3n) is 4.10. The fourth-order valence-corrected chi connectivity index (χ4v) is 3.51. The Hall–Kier alpha value is -3.00. The van der Waals surface area contributed by atoms with Crippen LogP contribution in [0, 0.1) is 12.8 Å². The van der Waals surface area contributed by atoms with Crippen molar-refractivity contribution in [1.29, 1.82) is 0 Å². The van der Waals surface area contributed by atoms with Gasteiger partial charge in [0.1, 0.15) is 0 Å². The highest BCUT2D eigenvalue weighted by molar-refractivity contribution is 7.99. The molecule has 1 N–H and O–H groups in total. The number of benzene rings is 2. The molecule has 0 saturated heterocycles. The zero-order chi connectivity index (χ0) is 20.8. The van der Waals surface area contributed by atoms with E-state index in [-0.39, 0.29) is 17.4 Å². The summed E-state index contributed by atoms with van der Waals surface area (Å²) in [6, 6.07) is 14.8. The standard InChI is InChI=1S/C21H23N5O2S/c1-14(2)11-20(28)22-17-9-7-16(8-10-17)19(27)13-29-21-23-24-25-26(21)18-6-4-5-15(3)12-18/h4-10,12,14H,11,13H2,1-3H3,(H,22,28). The van der Waals surface area contributed by atoms with E-state index >= 15 is 0 Å². The highest BCUT2D eigenvalue weighted by Crippen LogP contribution is 2.20. The lowest BCUT2D eigenvalue weighted by Crippen LogP contribution is -2.14. The van der Waals surface area contributed by atoms with Gasteiger partial charge in [0.05, 0.1) is 11.4 Å². The molecule has 0 aliphatic rings. The molecule has 3 aromatic rings. The largest absolute Gasteiger partial charge is 0.326 e. The number of ketones is 1. The van der Waals surface area contributed by atoms with Crippen LogP contribution in [-0.4, -0.2) is 37.7 Å². The Kier molecular flexibility index (Phi) is 6.77. The van der Waals surface area contributed by atoms with Gasteiger partial charge in [0, 0.05) is 17.7 Å². The first-order valence-electron chi connectivity index (χ1n) is 9.33. The highest BCUT2D eigenvalue weighted by atomic mass is 32.2. The molecule has 8 heteroatoms. The molecule has 150 valence electrons. The monoisotopic (exact) mass is 409 g/mol. The van der Waals surface area contributed by atoms with Crippen molar-refractivity contribution >= 4 is 29.1 Å². The summed E-state index contributed by atoms with van der Waals surface area (Å²) in [6.07, 6.45) is 0.465. The second-order valence-electron chi connectivity index (χ2n) is 7.15. The predicted octanol–water partition coefficient (Wildman–Crippen LogP) is 3.93. The number of carbonyl (C=O) groups excluding carboxylic acids is 2. The molecule has 0 aliphatic carbocycles. The molecule has 0 unspecified atom stereocenters. The number of amides is 1. The number of aryl methyl sites for hydroxylation is 1. The molecule has 1 amide bonds. The summed E-state index contributed by atoms with van der Waals surface area (Å²) in [4.78, 5) is 24.4. The fraction of sp³-hybridized carbons (Fsp3) is 0.286. The average Bonchev–Trinajstić information content (AvgIpc) is 3.14. The summed E-state index contributed by atoms with van der Waals surface area (Å²) in [6.45, 7) is 5.99. The molecule has 2 aromatic carbocycles.